The average Bonchev–Trinajstić information content (AvgIpc) is 2.56. The van der Waals surface area contributed by atoms with Crippen LogP contribution in [-0.4, -0.2) is 43.2 Å². The first-order chi connectivity index (χ1) is 8.64. The van der Waals surface area contributed by atoms with Gasteiger partial charge < -0.3 is 5.32 Å². The first-order valence-corrected chi connectivity index (χ1v) is 8.16. The van der Waals surface area contributed by atoms with E-state index in [1.165, 1.54) is 7.05 Å². The second-order valence-corrected chi connectivity index (χ2v) is 8.14. The van der Waals surface area contributed by atoms with E-state index in [1.54, 1.807) is 20.8 Å². The monoisotopic (exact) mass is 325 g/mol. The van der Waals surface area contributed by atoms with Gasteiger partial charge in [-0.3, -0.25) is 4.79 Å². The quantitative estimate of drug-likeness (QED) is 0.883. The number of hydrogen-bond acceptors (Lipinski definition) is 5. The van der Waals surface area contributed by atoms with E-state index >= 15 is 0 Å². The van der Waals surface area contributed by atoms with Gasteiger partial charge in [-0.1, -0.05) is 22.9 Å². The number of hydrogen-bond donors (Lipinski definition) is 1. The van der Waals surface area contributed by atoms with Crippen LogP contribution in [-0.2, 0) is 14.8 Å². The van der Waals surface area contributed by atoms with E-state index in [2.05, 4.69) is 10.3 Å². The van der Waals surface area contributed by atoms with Gasteiger partial charge in [0.1, 0.15) is 0 Å². The van der Waals surface area contributed by atoms with Gasteiger partial charge in [0, 0.05) is 13.1 Å². The highest BCUT2D eigenvalue weighted by Gasteiger charge is 2.27. The summed E-state index contributed by atoms with van der Waals surface area (Å²) in [7, 11) is -2.39. The van der Waals surface area contributed by atoms with Crippen molar-refractivity contribution >= 4 is 38.9 Å². The van der Waals surface area contributed by atoms with E-state index in [0.29, 0.717) is 5.69 Å². The van der Waals surface area contributed by atoms with Crippen LogP contribution in [0.5, 0.6) is 0 Å². The van der Waals surface area contributed by atoms with Crippen LogP contribution in [0.25, 0.3) is 0 Å². The maximum absolute atomic E-state index is 12.2. The molecule has 0 aromatic carbocycles. The van der Waals surface area contributed by atoms with Crippen LogP contribution < -0.4 is 5.32 Å². The van der Waals surface area contributed by atoms with E-state index in [0.717, 1.165) is 15.6 Å². The third kappa shape index (κ3) is 4.13. The van der Waals surface area contributed by atoms with Crippen LogP contribution in [0.3, 0.4) is 0 Å². The molecule has 1 N–H and O–H groups in total. The first kappa shape index (κ1) is 16.4. The predicted molar refractivity (Wildman–Crippen MR) is 75.0 cm³/mol. The van der Waals surface area contributed by atoms with Gasteiger partial charge in [-0.15, -0.1) is 0 Å². The highest BCUT2D eigenvalue weighted by molar-refractivity contribution is 7.91. The molecule has 0 aliphatic carbocycles. The Morgan fingerprint density at radius 1 is 1.53 bits per heavy atom. The summed E-state index contributed by atoms with van der Waals surface area (Å²) in [6, 6.07) is -0.0387. The Morgan fingerprint density at radius 3 is 2.53 bits per heavy atom. The summed E-state index contributed by atoms with van der Waals surface area (Å²) in [6.45, 7) is 4.94. The zero-order chi connectivity index (χ0) is 14.8. The summed E-state index contributed by atoms with van der Waals surface area (Å²) in [5.41, 5.74) is 0.339. The Kier molecular flexibility index (Phi) is 5.31. The predicted octanol–water partition coefficient (Wildman–Crippen LogP) is 1.25. The summed E-state index contributed by atoms with van der Waals surface area (Å²) in [5, 5.41) is 2.63. The second kappa shape index (κ2) is 6.17. The number of likely N-dealkylation sites (N-methyl/N-ethyl adjacent to an activating group) is 1. The minimum atomic E-state index is -3.74. The van der Waals surface area contributed by atoms with Gasteiger partial charge in [0.15, 0.2) is 8.68 Å². The summed E-state index contributed by atoms with van der Waals surface area (Å²) in [4.78, 5) is 15.4. The molecule has 0 radical (unpaired) electrons. The minimum Gasteiger partial charge on any atom is -0.353 e. The molecule has 9 heteroatoms. The van der Waals surface area contributed by atoms with E-state index < -0.39 is 10.0 Å². The van der Waals surface area contributed by atoms with Crippen LogP contribution >= 0.6 is 22.9 Å². The Morgan fingerprint density at radius 2 is 2.11 bits per heavy atom. The number of aromatic nitrogens is 1. The van der Waals surface area contributed by atoms with Crippen molar-refractivity contribution in [3.63, 3.8) is 0 Å². The number of thiazole rings is 1. The third-order valence-electron chi connectivity index (χ3n) is 2.19. The maximum atomic E-state index is 12.2. The van der Waals surface area contributed by atoms with Crippen LogP contribution in [0.15, 0.2) is 4.21 Å². The number of carbonyl (C=O) groups excluding carboxylic acids is 1. The standard InChI is InChI=1S/C10H16ClN3O3S2/c1-6(2)12-8(15)5-14(4)19(16,17)9-7(3)13-10(11)18-9/h6H,5H2,1-4H3,(H,12,15). The maximum Gasteiger partial charge on any atom is 0.254 e. The number of nitrogens with one attached hydrogen (secondary N) is 1. The van der Waals surface area contributed by atoms with Crippen molar-refractivity contribution in [2.45, 2.75) is 31.0 Å². The summed E-state index contributed by atoms with van der Waals surface area (Å²) < 4.78 is 25.7. The fourth-order valence-corrected chi connectivity index (χ4v) is 4.44. The lowest BCUT2D eigenvalue weighted by Crippen LogP contribution is -2.40. The Balaban J connectivity index is 2.89. The van der Waals surface area contributed by atoms with Crippen LogP contribution in [0.4, 0.5) is 0 Å². The van der Waals surface area contributed by atoms with Crippen LogP contribution in [0, 0.1) is 6.92 Å². The Bertz CT molecular complexity index is 569. The molecule has 1 amide bonds. The normalized spacial score (nSPS) is 12.2. The SMILES string of the molecule is Cc1nc(Cl)sc1S(=O)(=O)N(C)CC(=O)NC(C)C. The first-order valence-electron chi connectivity index (χ1n) is 5.53. The van der Waals surface area contributed by atoms with Gasteiger partial charge in [0.2, 0.25) is 5.91 Å². The summed E-state index contributed by atoms with van der Waals surface area (Å²) >= 11 is 6.58. The lowest BCUT2D eigenvalue weighted by molar-refractivity contribution is -0.121. The molecule has 0 fully saturated rings. The molecule has 0 unspecified atom stereocenters. The zero-order valence-corrected chi connectivity index (χ0v) is 13.5. The summed E-state index contributed by atoms with van der Waals surface area (Å²) in [6.07, 6.45) is 0. The molecule has 0 atom stereocenters. The highest BCUT2D eigenvalue weighted by Crippen LogP contribution is 2.28. The van der Waals surface area contributed by atoms with Crippen LogP contribution in [0.1, 0.15) is 19.5 Å². The van der Waals surface area contributed by atoms with E-state index in [-0.39, 0.29) is 27.2 Å². The lowest BCUT2D eigenvalue weighted by atomic mass is 10.4. The van der Waals surface area contributed by atoms with Crippen molar-refractivity contribution < 1.29 is 13.2 Å². The highest BCUT2D eigenvalue weighted by atomic mass is 35.5. The van der Waals surface area contributed by atoms with Crippen molar-refractivity contribution in [1.82, 2.24) is 14.6 Å². The van der Waals surface area contributed by atoms with Crippen LogP contribution in [0.2, 0.25) is 4.47 Å². The summed E-state index contributed by atoms with van der Waals surface area (Å²) in [5.74, 6) is -0.352. The number of sulfonamides is 1. The third-order valence-corrected chi connectivity index (χ3v) is 5.84. The molecular formula is C10H16ClN3O3S2. The molecule has 108 valence electrons. The average molecular weight is 326 g/mol. The zero-order valence-electron chi connectivity index (χ0n) is 11.1. The number of aryl methyl sites for hydroxylation is 1. The molecule has 0 saturated heterocycles. The van der Waals surface area contributed by atoms with Crippen molar-refractivity contribution in [2.75, 3.05) is 13.6 Å². The smallest absolute Gasteiger partial charge is 0.254 e. The van der Waals surface area contributed by atoms with Gasteiger partial charge in [-0.2, -0.15) is 4.31 Å². The number of rotatable bonds is 5. The molecule has 0 bridgehead atoms. The van der Waals surface area contributed by atoms with Crippen molar-refractivity contribution in [1.29, 1.82) is 0 Å². The van der Waals surface area contributed by atoms with E-state index in [9.17, 15) is 13.2 Å². The van der Waals surface area contributed by atoms with Gasteiger partial charge >= 0.3 is 0 Å². The van der Waals surface area contributed by atoms with Gasteiger partial charge in [-0.05, 0) is 20.8 Å². The largest absolute Gasteiger partial charge is 0.353 e. The molecule has 0 aliphatic rings. The van der Waals surface area contributed by atoms with Gasteiger partial charge in [0.05, 0.1) is 12.2 Å². The van der Waals surface area contributed by atoms with Crippen molar-refractivity contribution in [3.8, 4) is 0 Å². The molecule has 1 aromatic heterocycles. The second-order valence-electron chi connectivity index (χ2n) is 4.32. The molecule has 1 rings (SSSR count). The number of amides is 1. The number of carbonyl (C=O) groups is 1. The van der Waals surface area contributed by atoms with Gasteiger partial charge in [0.25, 0.3) is 10.0 Å². The van der Waals surface area contributed by atoms with Gasteiger partial charge in [-0.25, -0.2) is 13.4 Å². The van der Waals surface area contributed by atoms with Crippen molar-refractivity contribution in [2.24, 2.45) is 0 Å². The molecular weight excluding hydrogens is 310 g/mol. The lowest BCUT2D eigenvalue weighted by Gasteiger charge is -2.17. The topological polar surface area (TPSA) is 79.4 Å². The number of halogens is 1. The molecule has 0 spiro atoms. The molecule has 19 heavy (non-hydrogen) atoms. The molecule has 0 saturated carbocycles. The van der Waals surface area contributed by atoms with Crippen molar-refractivity contribution in [3.05, 3.63) is 10.2 Å². The Labute approximate surface area is 121 Å². The van der Waals surface area contributed by atoms with E-state index in [4.69, 9.17) is 11.6 Å². The Hall–Kier alpha value is -0.700. The fraction of sp³-hybridized carbons (Fsp3) is 0.600. The van der Waals surface area contributed by atoms with E-state index in [1.807, 2.05) is 0 Å². The molecule has 1 heterocycles. The molecule has 0 aliphatic heterocycles. The minimum absolute atomic E-state index is 0.0387. The molecule has 1 aromatic rings. The molecule has 6 nitrogen and oxygen atoms in total. The fourth-order valence-electron chi connectivity index (χ4n) is 1.39. The number of nitrogens with zero attached hydrogens (tertiary/aromatic N) is 2.